The molecule has 4 aromatic rings. The van der Waals surface area contributed by atoms with Crippen molar-refractivity contribution in [2.24, 2.45) is 5.84 Å². The fraction of sp³-hybridized carbons (Fsp3) is 0.179. The summed E-state index contributed by atoms with van der Waals surface area (Å²) >= 11 is 0. The van der Waals surface area contributed by atoms with Crippen molar-refractivity contribution in [1.82, 2.24) is 4.98 Å². The standard InChI is InChI=1S/C28H29N5/c1-18-16-20(17-19(2)26(18)31-23-12-9-15-30-27(23)32-29)33-24-13-7-5-10-21(24)28(3,4)22-11-6-8-14-25(22)33/h5-17,31H,29H2,1-4H3,(H,30,32). The number of para-hydroxylation sites is 2. The van der Waals surface area contributed by atoms with Crippen molar-refractivity contribution in [3.05, 3.63) is 101 Å². The van der Waals surface area contributed by atoms with Gasteiger partial charge in [0, 0.05) is 23.0 Å². The van der Waals surface area contributed by atoms with E-state index in [0.717, 1.165) is 28.2 Å². The Morgan fingerprint density at radius 1 is 0.818 bits per heavy atom. The van der Waals surface area contributed by atoms with Gasteiger partial charge >= 0.3 is 0 Å². The number of nitrogen functional groups attached to an aromatic ring is 1. The smallest absolute Gasteiger partial charge is 0.163 e. The highest BCUT2D eigenvalue weighted by Crippen LogP contribution is 2.52. The molecule has 0 saturated carbocycles. The van der Waals surface area contributed by atoms with Crippen LogP contribution in [0.25, 0.3) is 0 Å². The Morgan fingerprint density at radius 3 is 1.97 bits per heavy atom. The summed E-state index contributed by atoms with van der Waals surface area (Å²) in [4.78, 5) is 6.69. The van der Waals surface area contributed by atoms with Crippen LogP contribution in [-0.4, -0.2) is 4.98 Å². The Labute approximate surface area is 195 Å². The molecule has 0 amide bonds. The SMILES string of the molecule is Cc1cc(N2c3ccccc3C(C)(C)c3ccccc32)cc(C)c1Nc1cccnc1NN. The number of aromatic nitrogens is 1. The van der Waals surface area contributed by atoms with Crippen LogP contribution in [0, 0.1) is 13.8 Å². The van der Waals surface area contributed by atoms with E-state index in [2.05, 4.69) is 109 Å². The molecule has 5 rings (SSSR count). The van der Waals surface area contributed by atoms with Crippen LogP contribution >= 0.6 is 0 Å². The van der Waals surface area contributed by atoms with Gasteiger partial charge in [-0.1, -0.05) is 50.2 Å². The molecule has 4 N–H and O–H groups in total. The second-order valence-electron chi connectivity index (χ2n) is 9.12. The zero-order chi connectivity index (χ0) is 23.2. The highest BCUT2D eigenvalue weighted by molar-refractivity contribution is 5.87. The third-order valence-electron chi connectivity index (χ3n) is 6.62. The van der Waals surface area contributed by atoms with Gasteiger partial charge in [-0.2, -0.15) is 0 Å². The molecule has 0 saturated heterocycles. The van der Waals surface area contributed by atoms with Gasteiger partial charge in [-0.3, -0.25) is 0 Å². The zero-order valence-corrected chi connectivity index (χ0v) is 19.5. The maximum Gasteiger partial charge on any atom is 0.163 e. The molecule has 0 fully saturated rings. The van der Waals surface area contributed by atoms with E-state index in [-0.39, 0.29) is 5.41 Å². The van der Waals surface area contributed by atoms with E-state index < -0.39 is 0 Å². The molecule has 0 radical (unpaired) electrons. The summed E-state index contributed by atoms with van der Waals surface area (Å²) in [5.41, 5.74) is 13.1. The molecule has 1 aliphatic rings. The van der Waals surface area contributed by atoms with Gasteiger partial charge in [0.1, 0.15) is 0 Å². The first-order valence-electron chi connectivity index (χ1n) is 11.2. The third-order valence-corrected chi connectivity index (χ3v) is 6.62. The average Bonchev–Trinajstić information content (AvgIpc) is 2.82. The molecule has 1 aliphatic heterocycles. The first-order valence-corrected chi connectivity index (χ1v) is 11.2. The number of aryl methyl sites for hydroxylation is 2. The zero-order valence-electron chi connectivity index (χ0n) is 19.5. The van der Waals surface area contributed by atoms with Gasteiger partial charge in [-0.15, -0.1) is 0 Å². The predicted octanol–water partition coefficient (Wildman–Crippen LogP) is 6.84. The Hall–Kier alpha value is -3.83. The number of benzene rings is 3. The largest absolute Gasteiger partial charge is 0.352 e. The molecule has 166 valence electrons. The summed E-state index contributed by atoms with van der Waals surface area (Å²) in [5, 5.41) is 3.52. The Balaban J connectivity index is 1.64. The molecule has 5 nitrogen and oxygen atoms in total. The lowest BCUT2D eigenvalue weighted by Gasteiger charge is -2.42. The molecule has 0 spiro atoms. The minimum absolute atomic E-state index is 0.0682. The van der Waals surface area contributed by atoms with Crippen LogP contribution in [0.15, 0.2) is 79.0 Å². The topological polar surface area (TPSA) is 66.2 Å². The number of rotatable bonds is 4. The minimum Gasteiger partial charge on any atom is -0.352 e. The van der Waals surface area contributed by atoms with Gasteiger partial charge in [-0.05, 0) is 72.5 Å². The summed E-state index contributed by atoms with van der Waals surface area (Å²) in [6.07, 6.45) is 1.72. The number of pyridine rings is 1. The lowest BCUT2D eigenvalue weighted by Crippen LogP contribution is -2.30. The van der Waals surface area contributed by atoms with E-state index in [9.17, 15) is 0 Å². The quantitative estimate of drug-likeness (QED) is 0.242. The van der Waals surface area contributed by atoms with Crippen molar-refractivity contribution in [1.29, 1.82) is 0 Å². The molecule has 0 atom stereocenters. The van der Waals surface area contributed by atoms with Gasteiger partial charge < -0.3 is 15.6 Å². The van der Waals surface area contributed by atoms with Gasteiger partial charge in [0.2, 0.25) is 0 Å². The van der Waals surface area contributed by atoms with E-state index >= 15 is 0 Å². The van der Waals surface area contributed by atoms with Crippen molar-refractivity contribution in [3.63, 3.8) is 0 Å². The average molecular weight is 436 g/mol. The van der Waals surface area contributed by atoms with Crippen LogP contribution in [0.2, 0.25) is 0 Å². The first-order chi connectivity index (χ1) is 15.9. The normalized spacial score (nSPS) is 13.8. The molecular weight excluding hydrogens is 406 g/mol. The Kier molecular flexibility index (Phi) is 5.06. The van der Waals surface area contributed by atoms with Gasteiger partial charge in [-0.25, -0.2) is 10.8 Å². The summed E-state index contributed by atoms with van der Waals surface area (Å²) in [7, 11) is 0. The lowest BCUT2D eigenvalue weighted by molar-refractivity contribution is 0.632. The number of hydrazine groups is 1. The van der Waals surface area contributed by atoms with E-state index in [1.807, 2.05) is 12.1 Å². The molecule has 2 heterocycles. The minimum atomic E-state index is -0.0682. The second-order valence-corrected chi connectivity index (χ2v) is 9.12. The summed E-state index contributed by atoms with van der Waals surface area (Å²) < 4.78 is 0. The molecular formula is C28H29N5. The Morgan fingerprint density at radius 2 is 1.39 bits per heavy atom. The fourth-order valence-electron chi connectivity index (χ4n) is 4.97. The van der Waals surface area contributed by atoms with Crippen LogP contribution in [0.5, 0.6) is 0 Å². The molecule has 0 unspecified atom stereocenters. The Bertz CT molecular complexity index is 1270. The van der Waals surface area contributed by atoms with Gasteiger partial charge in [0.15, 0.2) is 5.82 Å². The number of hydrogen-bond donors (Lipinski definition) is 3. The highest BCUT2D eigenvalue weighted by Gasteiger charge is 2.36. The van der Waals surface area contributed by atoms with Crippen LogP contribution in [0.4, 0.5) is 34.3 Å². The summed E-state index contributed by atoms with van der Waals surface area (Å²) in [5.74, 6) is 6.27. The van der Waals surface area contributed by atoms with Crippen molar-refractivity contribution in [2.45, 2.75) is 33.1 Å². The van der Waals surface area contributed by atoms with Crippen molar-refractivity contribution < 1.29 is 0 Å². The van der Waals surface area contributed by atoms with E-state index in [1.165, 1.54) is 22.5 Å². The van der Waals surface area contributed by atoms with Crippen LogP contribution in [-0.2, 0) is 5.41 Å². The summed E-state index contributed by atoms with van der Waals surface area (Å²) in [6, 6.07) is 25.8. The molecule has 3 aromatic carbocycles. The van der Waals surface area contributed by atoms with Gasteiger partial charge in [0.25, 0.3) is 0 Å². The fourth-order valence-corrected chi connectivity index (χ4v) is 4.97. The lowest BCUT2D eigenvalue weighted by atomic mass is 9.73. The number of nitrogens with one attached hydrogen (secondary N) is 2. The van der Waals surface area contributed by atoms with Crippen LogP contribution in [0.3, 0.4) is 0 Å². The van der Waals surface area contributed by atoms with Crippen molar-refractivity contribution >= 4 is 34.3 Å². The molecule has 5 heteroatoms. The van der Waals surface area contributed by atoms with E-state index in [4.69, 9.17) is 5.84 Å². The molecule has 0 bridgehead atoms. The number of nitrogens with zero attached hydrogens (tertiary/aromatic N) is 2. The number of anilines is 6. The molecule has 1 aromatic heterocycles. The molecule has 33 heavy (non-hydrogen) atoms. The maximum atomic E-state index is 5.66. The predicted molar refractivity (Wildman–Crippen MR) is 138 cm³/mol. The second kappa shape index (κ2) is 7.94. The van der Waals surface area contributed by atoms with E-state index in [0.29, 0.717) is 5.82 Å². The molecule has 0 aliphatic carbocycles. The monoisotopic (exact) mass is 435 g/mol. The van der Waals surface area contributed by atoms with Crippen LogP contribution < -0.4 is 21.5 Å². The third kappa shape index (κ3) is 3.41. The first kappa shape index (κ1) is 21.0. The highest BCUT2D eigenvalue weighted by atomic mass is 15.3. The van der Waals surface area contributed by atoms with Crippen molar-refractivity contribution in [2.75, 3.05) is 15.6 Å². The van der Waals surface area contributed by atoms with E-state index in [1.54, 1.807) is 6.20 Å². The number of fused-ring (bicyclic) bond motifs is 2. The van der Waals surface area contributed by atoms with Crippen LogP contribution in [0.1, 0.15) is 36.1 Å². The number of hydrogen-bond acceptors (Lipinski definition) is 5. The maximum absolute atomic E-state index is 5.66. The summed E-state index contributed by atoms with van der Waals surface area (Å²) in [6.45, 7) is 8.89. The number of nitrogens with two attached hydrogens (primary N) is 1. The van der Waals surface area contributed by atoms with Crippen molar-refractivity contribution in [3.8, 4) is 0 Å². The van der Waals surface area contributed by atoms with Gasteiger partial charge in [0.05, 0.1) is 17.1 Å².